The summed E-state index contributed by atoms with van der Waals surface area (Å²) in [4.78, 5) is 49.3. The Hall–Kier alpha value is -3.56. The number of carbonyl (C=O) groups excluding carboxylic acids is 3. The minimum absolute atomic E-state index is 0.0365. The Morgan fingerprint density at radius 1 is 1.16 bits per heavy atom. The average Bonchev–Trinajstić information content (AvgIpc) is 3.28. The summed E-state index contributed by atoms with van der Waals surface area (Å²) < 4.78 is 10.5. The van der Waals surface area contributed by atoms with Gasteiger partial charge in [0, 0.05) is 25.0 Å². The number of amides is 3. The molecule has 0 N–H and O–H groups in total. The predicted molar refractivity (Wildman–Crippen MR) is 117 cm³/mol. The number of allylic oxidation sites excluding steroid dienone is 2. The average molecular weight is 441 g/mol. The van der Waals surface area contributed by atoms with Crippen molar-refractivity contribution in [2.24, 2.45) is 4.99 Å². The molecule has 32 heavy (non-hydrogen) atoms. The Kier molecular flexibility index (Phi) is 5.53. The van der Waals surface area contributed by atoms with Crippen LogP contribution in [-0.2, 0) is 14.3 Å². The lowest BCUT2D eigenvalue weighted by Gasteiger charge is -2.40. The molecule has 1 fully saturated rings. The molecule has 2 unspecified atom stereocenters. The van der Waals surface area contributed by atoms with Crippen molar-refractivity contribution in [3.05, 3.63) is 35.7 Å². The number of ether oxygens (including phenoxy) is 2. The zero-order valence-corrected chi connectivity index (χ0v) is 18.9. The molecule has 0 aromatic heterocycles. The lowest BCUT2D eigenvalue weighted by atomic mass is 10.1. The molecule has 3 amide bonds. The van der Waals surface area contributed by atoms with Gasteiger partial charge in [0.1, 0.15) is 5.75 Å². The maximum Gasteiger partial charge on any atom is 0.328 e. The van der Waals surface area contributed by atoms with E-state index < -0.39 is 24.2 Å². The van der Waals surface area contributed by atoms with Crippen LogP contribution in [0.25, 0.3) is 0 Å². The molecule has 3 aliphatic rings. The number of anilines is 1. The number of aliphatic imine (C=N–C) groups is 1. The van der Waals surface area contributed by atoms with Crippen LogP contribution in [0.3, 0.4) is 0 Å². The molecular weight excluding hydrogens is 414 g/mol. The lowest BCUT2D eigenvalue weighted by Crippen LogP contribution is -2.64. The second kappa shape index (κ2) is 8.18. The molecule has 0 bridgehead atoms. The fraction of sp³-hybridized carbons (Fsp3) is 0.455. The van der Waals surface area contributed by atoms with Crippen molar-refractivity contribution >= 4 is 29.6 Å². The van der Waals surface area contributed by atoms with Gasteiger partial charge in [0.2, 0.25) is 5.96 Å². The molecule has 3 heterocycles. The molecule has 10 heteroatoms. The third kappa shape index (κ3) is 3.17. The minimum atomic E-state index is -0.704. The third-order valence-electron chi connectivity index (χ3n) is 6.06. The quantitative estimate of drug-likeness (QED) is 0.623. The van der Waals surface area contributed by atoms with Crippen LogP contribution in [-0.4, -0.2) is 78.1 Å². The summed E-state index contributed by atoms with van der Waals surface area (Å²) in [6, 6.07) is 6.39. The predicted octanol–water partition coefficient (Wildman–Crippen LogP) is 1.98. The van der Waals surface area contributed by atoms with Crippen molar-refractivity contribution < 1.29 is 23.9 Å². The fourth-order valence-electron chi connectivity index (χ4n) is 4.36. The first kappa shape index (κ1) is 21.7. The Morgan fingerprint density at radius 3 is 2.56 bits per heavy atom. The highest BCUT2D eigenvalue weighted by Crippen LogP contribution is 2.42. The van der Waals surface area contributed by atoms with Gasteiger partial charge >= 0.3 is 12.0 Å². The number of carbonyl (C=O) groups is 3. The minimum Gasteiger partial charge on any atom is -0.495 e. The van der Waals surface area contributed by atoms with E-state index in [4.69, 9.17) is 14.5 Å². The zero-order valence-electron chi connectivity index (χ0n) is 18.9. The molecule has 10 nitrogen and oxygen atoms in total. The van der Waals surface area contributed by atoms with Crippen molar-refractivity contribution in [3.8, 4) is 5.75 Å². The van der Waals surface area contributed by atoms with Crippen molar-refractivity contribution in [2.75, 3.05) is 32.2 Å². The number of esters is 1. The Bertz CT molecular complexity index is 1040. The number of methoxy groups -OCH3 is 1. The van der Waals surface area contributed by atoms with Crippen LogP contribution in [0.15, 0.2) is 40.7 Å². The molecule has 0 aliphatic carbocycles. The van der Waals surface area contributed by atoms with Gasteiger partial charge in [-0.05, 0) is 32.9 Å². The molecule has 0 saturated carbocycles. The number of likely N-dealkylation sites (N-methyl/N-ethyl adjacent to an activating group) is 1. The first-order valence-corrected chi connectivity index (χ1v) is 10.5. The summed E-state index contributed by atoms with van der Waals surface area (Å²) in [6.07, 6.45) is -0.713. The Labute approximate surface area is 186 Å². The van der Waals surface area contributed by atoms with Crippen LogP contribution in [0.2, 0.25) is 0 Å². The normalized spacial score (nSPS) is 22.3. The monoisotopic (exact) mass is 441 g/mol. The summed E-state index contributed by atoms with van der Waals surface area (Å²) in [5.74, 6) is 0.414. The van der Waals surface area contributed by atoms with Gasteiger partial charge in [-0.1, -0.05) is 12.1 Å². The van der Waals surface area contributed by atoms with Crippen LogP contribution in [0.1, 0.15) is 27.2 Å². The highest BCUT2D eigenvalue weighted by molar-refractivity contribution is 6.11. The number of nitrogens with zero attached hydrogens (tertiary/aromatic N) is 5. The Balaban J connectivity index is 1.68. The van der Waals surface area contributed by atoms with Gasteiger partial charge in [0.05, 0.1) is 25.8 Å². The van der Waals surface area contributed by atoms with Gasteiger partial charge in [-0.25, -0.2) is 9.79 Å². The molecule has 1 saturated heterocycles. The van der Waals surface area contributed by atoms with Gasteiger partial charge in [-0.15, -0.1) is 0 Å². The summed E-state index contributed by atoms with van der Waals surface area (Å²) in [6.45, 7) is 5.81. The van der Waals surface area contributed by atoms with E-state index in [1.807, 2.05) is 47.9 Å². The number of hydrogen-bond acceptors (Lipinski definition) is 8. The van der Waals surface area contributed by atoms with Crippen LogP contribution < -0.4 is 9.64 Å². The second-order valence-electron chi connectivity index (χ2n) is 7.77. The van der Waals surface area contributed by atoms with Gasteiger partial charge in [0.25, 0.3) is 5.91 Å². The van der Waals surface area contributed by atoms with Crippen molar-refractivity contribution in [1.29, 1.82) is 0 Å². The fourth-order valence-corrected chi connectivity index (χ4v) is 4.36. The van der Waals surface area contributed by atoms with E-state index in [-0.39, 0.29) is 25.5 Å². The molecule has 0 radical (unpaired) electrons. The standard InChI is InChI=1S/C22H27N5O5/c1-6-32-17(28)11-12-25-20(29)18-19(24(4)22(25)30)23-21-26(13(2)14(3)27(18)21)15-9-7-8-10-16(15)31-5/h7-10,18-19H,6,11-12H2,1-5H3. The summed E-state index contributed by atoms with van der Waals surface area (Å²) in [5.41, 5.74) is 2.58. The molecule has 2 atom stereocenters. The van der Waals surface area contributed by atoms with Gasteiger partial charge < -0.3 is 14.4 Å². The SMILES string of the molecule is CCOC(=O)CCN1C(=O)C2C(N=C3N(c4ccccc4OC)C(C)=C(C)N32)N(C)C1=O. The highest BCUT2D eigenvalue weighted by Gasteiger charge is 2.56. The van der Waals surface area contributed by atoms with Crippen molar-refractivity contribution in [2.45, 2.75) is 39.4 Å². The van der Waals surface area contributed by atoms with E-state index in [1.54, 1.807) is 21.1 Å². The molecular formula is C22H27N5O5. The molecule has 1 aromatic rings. The van der Waals surface area contributed by atoms with E-state index in [9.17, 15) is 14.4 Å². The number of urea groups is 1. The molecule has 0 spiro atoms. The molecule has 170 valence electrons. The largest absolute Gasteiger partial charge is 0.495 e. The highest BCUT2D eigenvalue weighted by atomic mass is 16.5. The number of guanidine groups is 1. The number of imide groups is 1. The van der Waals surface area contributed by atoms with E-state index in [0.29, 0.717) is 11.7 Å². The Morgan fingerprint density at radius 2 is 1.88 bits per heavy atom. The van der Waals surface area contributed by atoms with Crippen molar-refractivity contribution in [1.82, 2.24) is 14.7 Å². The summed E-state index contributed by atoms with van der Waals surface area (Å²) in [7, 11) is 3.22. The van der Waals surface area contributed by atoms with E-state index in [2.05, 4.69) is 0 Å². The number of hydrogen-bond donors (Lipinski definition) is 0. The summed E-state index contributed by atoms with van der Waals surface area (Å²) >= 11 is 0. The van der Waals surface area contributed by atoms with Crippen LogP contribution >= 0.6 is 0 Å². The van der Waals surface area contributed by atoms with Gasteiger partial charge in [-0.3, -0.25) is 24.3 Å². The molecule has 4 rings (SSSR count). The van der Waals surface area contributed by atoms with E-state index in [0.717, 1.165) is 22.0 Å². The smallest absolute Gasteiger partial charge is 0.328 e. The molecule has 3 aliphatic heterocycles. The lowest BCUT2D eigenvalue weighted by molar-refractivity contribution is -0.144. The number of para-hydroxylation sites is 2. The zero-order chi connectivity index (χ0) is 23.2. The third-order valence-corrected chi connectivity index (χ3v) is 6.06. The maximum absolute atomic E-state index is 13.4. The first-order valence-electron chi connectivity index (χ1n) is 10.5. The number of fused-ring (bicyclic) bond motifs is 3. The van der Waals surface area contributed by atoms with Crippen LogP contribution in [0.5, 0.6) is 5.75 Å². The number of benzene rings is 1. The maximum atomic E-state index is 13.4. The van der Waals surface area contributed by atoms with Gasteiger partial charge in [-0.2, -0.15) is 0 Å². The van der Waals surface area contributed by atoms with Crippen LogP contribution in [0.4, 0.5) is 10.5 Å². The number of rotatable bonds is 6. The van der Waals surface area contributed by atoms with Crippen LogP contribution in [0, 0.1) is 0 Å². The van der Waals surface area contributed by atoms with Gasteiger partial charge in [0.15, 0.2) is 12.2 Å². The second-order valence-corrected chi connectivity index (χ2v) is 7.77. The summed E-state index contributed by atoms with van der Waals surface area (Å²) in [5, 5.41) is 0. The first-order chi connectivity index (χ1) is 15.3. The van der Waals surface area contributed by atoms with E-state index >= 15 is 0 Å². The van der Waals surface area contributed by atoms with Crippen molar-refractivity contribution in [3.63, 3.8) is 0 Å². The van der Waals surface area contributed by atoms with E-state index in [1.165, 1.54) is 4.90 Å². The topological polar surface area (TPSA) is 95.0 Å². The molecule has 1 aromatic carbocycles.